The summed E-state index contributed by atoms with van der Waals surface area (Å²) in [4.78, 5) is 20.0. The first-order chi connectivity index (χ1) is 9.68. The second kappa shape index (κ2) is 5.21. The molecule has 20 heavy (non-hydrogen) atoms. The summed E-state index contributed by atoms with van der Waals surface area (Å²) in [5.74, 6) is -0.502. The van der Waals surface area contributed by atoms with Gasteiger partial charge in [-0.3, -0.25) is 9.78 Å². The maximum absolute atomic E-state index is 11.6. The topological polar surface area (TPSA) is 68.9 Å². The molecule has 1 aliphatic rings. The number of halogens is 1. The Labute approximate surface area is 122 Å². The van der Waals surface area contributed by atoms with Crippen LogP contribution in [-0.4, -0.2) is 15.9 Å². The lowest BCUT2D eigenvalue weighted by molar-refractivity contribution is 0.100. The molecule has 1 amide bonds. The smallest absolute Gasteiger partial charge is 0.249 e. The van der Waals surface area contributed by atoms with Crippen molar-refractivity contribution in [3.63, 3.8) is 0 Å². The van der Waals surface area contributed by atoms with E-state index in [0.717, 1.165) is 24.8 Å². The van der Waals surface area contributed by atoms with Gasteiger partial charge in [-0.25, -0.2) is 4.98 Å². The van der Waals surface area contributed by atoms with Gasteiger partial charge in [0.15, 0.2) is 0 Å². The number of hydrogen-bond donors (Lipinski definition) is 1. The maximum atomic E-state index is 11.6. The lowest BCUT2D eigenvalue weighted by Gasteiger charge is -2.20. The minimum absolute atomic E-state index is 0.294. The maximum Gasteiger partial charge on any atom is 0.249 e. The molecule has 0 bridgehead atoms. The average Bonchev–Trinajstić information content (AvgIpc) is 2.46. The zero-order valence-corrected chi connectivity index (χ0v) is 11.7. The third kappa shape index (κ3) is 2.16. The van der Waals surface area contributed by atoms with Gasteiger partial charge in [-0.15, -0.1) is 0 Å². The van der Waals surface area contributed by atoms with Gasteiger partial charge in [-0.1, -0.05) is 11.6 Å². The van der Waals surface area contributed by atoms with Crippen LogP contribution in [0.4, 0.5) is 0 Å². The van der Waals surface area contributed by atoms with Crippen molar-refractivity contribution in [2.45, 2.75) is 25.7 Å². The molecule has 0 fully saturated rings. The monoisotopic (exact) mass is 287 g/mol. The molecular weight excluding hydrogens is 274 g/mol. The van der Waals surface area contributed by atoms with E-state index in [-0.39, 0.29) is 0 Å². The van der Waals surface area contributed by atoms with Gasteiger partial charge in [0.25, 0.3) is 0 Å². The fourth-order valence-electron chi connectivity index (χ4n) is 2.77. The van der Waals surface area contributed by atoms with Gasteiger partial charge < -0.3 is 5.73 Å². The Morgan fingerprint density at radius 2 is 2.05 bits per heavy atom. The molecule has 0 unspecified atom stereocenters. The summed E-state index contributed by atoms with van der Waals surface area (Å²) in [7, 11) is 0. The average molecular weight is 288 g/mol. The van der Waals surface area contributed by atoms with Gasteiger partial charge in [0.2, 0.25) is 5.91 Å². The van der Waals surface area contributed by atoms with Crippen LogP contribution in [-0.2, 0) is 12.8 Å². The number of rotatable bonds is 2. The fourth-order valence-corrected chi connectivity index (χ4v) is 3.03. The number of aryl methyl sites for hydroxylation is 1. The molecule has 0 atom stereocenters. The van der Waals surface area contributed by atoms with E-state index >= 15 is 0 Å². The van der Waals surface area contributed by atoms with Gasteiger partial charge in [0.05, 0.1) is 5.56 Å². The van der Waals surface area contributed by atoms with Crippen LogP contribution in [0.15, 0.2) is 24.7 Å². The van der Waals surface area contributed by atoms with E-state index in [2.05, 4.69) is 9.97 Å². The Balaban J connectivity index is 2.27. The first-order valence-electron chi connectivity index (χ1n) is 6.59. The Bertz CT molecular complexity index is 685. The van der Waals surface area contributed by atoms with Crippen LogP contribution in [0.3, 0.4) is 0 Å². The summed E-state index contributed by atoms with van der Waals surface area (Å²) in [6.45, 7) is 0. The van der Waals surface area contributed by atoms with Crippen molar-refractivity contribution in [1.82, 2.24) is 9.97 Å². The SMILES string of the molecule is NC(=O)c1ccnc(Cl)c1-c1cncc2c1CCCC2. The predicted octanol–water partition coefficient (Wildman–Crippen LogP) is 2.77. The number of fused-ring (bicyclic) bond motifs is 1. The molecule has 2 aromatic heterocycles. The molecule has 0 aliphatic heterocycles. The third-order valence-corrected chi connectivity index (χ3v) is 4.00. The Morgan fingerprint density at radius 1 is 1.25 bits per heavy atom. The molecule has 5 heteroatoms. The van der Waals surface area contributed by atoms with E-state index in [4.69, 9.17) is 17.3 Å². The van der Waals surface area contributed by atoms with Gasteiger partial charge in [-0.2, -0.15) is 0 Å². The van der Waals surface area contributed by atoms with Crippen LogP contribution in [0, 0.1) is 0 Å². The van der Waals surface area contributed by atoms with E-state index < -0.39 is 5.91 Å². The normalized spacial score (nSPS) is 13.8. The molecule has 0 saturated heterocycles. The zero-order chi connectivity index (χ0) is 14.1. The molecule has 102 valence electrons. The van der Waals surface area contributed by atoms with Crippen molar-refractivity contribution >= 4 is 17.5 Å². The number of amides is 1. The van der Waals surface area contributed by atoms with E-state index in [0.29, 0.717) is 16.3 Å². The summed E-state index contributed by atoms with van der Waals surface area (Å²) in [6, 6.07) is 1.60. The third-order valence-electron chi connectivity index (χ3n) is 3.71. The van der Waals surface area contributed by atoms with Crippen LogP contribution in [0.5, 0.6) is 0 Å². The first-order valence-corrected chi connectivity index (χ1v) is 6.96. The Kier molecular flexibility index (Phi) is 3.40. The summed E-state index contributed by atoms with van der Waals surface area (Å²) < 4.78 is 0. The number of pyridine rings is 2. The molecule has 0 radical (unpaired) electrons. The van der Waals surface area contributed by atoms with Crippen LogP contribution in [0.25, 0.3) is 11.1 Å². The summed E-state index contributed by atoms with van der Waals surface area (Å²) in [6.07, 6.45) is 9.42. The first kappa shape index (κ1) is 13.1. The molecule has 2 aromatic rings. The van der Waals surface area contributed by atoms with Crippen LogP contribution in [0.2, 0.25) is 5.15 Å². The predicted molar refractivity (Wildman–Crippen MR) is 77.6 cm³/mol. The highest BCUT2D eigenvalue weighted by Gasteiger charge is 2.21. The summed E-state index contributed by atoms with van der Waals surface area (Å²) in [5, 5.41) is 0.294. The Morgan fingerprint density at radius 3 is 2.85 bits per heavy atom. The highest BCUT2D eigenvalue weighted by molar-refractivity contribution is 6.33. The molecule has 2 N–H and O–H groups in total. The number of carbonyl (C=O) groups is 1. The largest absolute Gasteiger partial charge is 0.366 e. The minimum Gasteiger partial charge on any atom is -0.366 e. The summed E-state index contributed by atoms with van der Waals surface area (Å²) >= 11 is 6.20. The number of carbonyl (C=O) groups excluding carboxylic acids is 1. The van der Waals surface area contributed by atoms with Crippen molar-refractivity contribution in [1.29, 1.82) is 0 Å². The molecule has 0 saturated carbocycles. The van der Waals surface area contributed by atoms with Crippen LogP contribution < -0.4 is 5.73 Å². The number of aromatic nitrogens is 2. The lowest BCUT2D eigenvalue weighted by atomic mass is 9.87. The second-order valence-electron chi connectivity index (χ2n) is 4.92. The van der Waals surface area contributed by atoms with Crippen molar-refractivity contribution in [2.75, 3.05) is 0 Å². The van der Waals surface area contributed by atoms with E-state index in [9.17, 15) is 4.79 Å². The van der Waals surface area contributed by atoms with Gasteiger partial charge >= 0.3 is 0 Å². The molecule has 3 rings (SSSR count). The molecule has 4 nitrogen and oxygen atoms in total. The molecular formula is C15H14ClN3O. The van der Waals surface area contributed by atoms with Crippen molar-refractivity contribution in [3.8, 4) is 11.1 Å². The quantitative estimate of drug-likeness (QED) is 0.864. The second-order valence-corrected chi connectivity index (χ2v) is 5.28. The lowest BCUT2D eigenvalue weighted by Crippen LogP contribution is -2.14. The Hall–Kier alpha value is -1.94. The van der Waals surface area contributed by atoms with Gasteiger partial charge in [0.1, 0.15) is 5.15 Å². The standard InChI is InChI=1S/C15H14ClN3O/c16-14-13(11(15(17)20)5-6-19-14)12-8-18-7-9-3-1-2-4-10(9)12/h5-8H,1-4H2,(H2,17,20). The van der Waals surface area contributed by atoms with E-state index in [1.54, 1.807) is 12.3 Å². The number of hydrogen-bond acceptors (Lipinski definition) is 3. The van der Waals surface area contributed by atoms with Crippen molar-refractivity contribution < 1.29 is 4.79 Å². The zero-order valence-electron chi connectivity index (χ0n) is 10.9. The molecule has 0 aromatic carbocycles. The van der Waals surface area contributed by atoms with Crippen LogP contribution >= 0.6 is 11.6 Å². The van der Waals surface area contributed by atoms with E-state index in [1.165, 1.54) is 23.7 Å². The highest BCUT2D eigenvalue weighted by atomic mass is 35.5. The van der Waals surface area contributed by atoms with Gasteiger partial charge in [0, 0.05) is 29.7 Å². The number of nitrogens with zero attached hydrogens (tertiary/aromatic N) is 2. The van der Waals surface area contributed by atoms with Crippen LogP contribution in [0.1, 0.15) is 34.3 Å². The fraction of sp³-hybridized carbons (Fsp3) is 0.267. The highest BCUT2D eigenvalue weighted by Crippen LogP contribution is 2.35. The molecule has 2 heterocycles. The summed E-state index contributed by atoms with van der Waals surface area (Å²) in [5.41, 5.74) is 9.77. The van der Waals surface area contributed by atoms with Crippen molar-refractivity contribution in [2.24, 2.45) is 5.73 Å². The minimum atomic E-state index is -0.502. The number of primary amides is 1. The van der Waals surface area contributed by atoms with E-state index in [1.807, 2.05) is 6.20 Å². The van der Waals surface area contributed by atoms with Gasteiger partial charge in [-0.05, 0) is 42.9 Å². The number of nitrogens with two attached hydrogens (primary N) is 1. The van der Waals surface area contributed by atoms with Crippen molar-refractivity contribution in [3.05, 3.63) is 46.5 Å². The molecule has 0 spiro atoms. The molecule has 1 aliphatic carbocycles.